The molecule has 0 aromatic carbocycles. The van der Waals surface area contributed by atoms with Gasteiger partial charge >= 0.3 is 10.8 Å². The molecule has 2 N–H and O–H groups in total. The van der Waals surface area contributed by atoms with Crippen molar-refractivity contribution in [3.8, 4) is 0 Å². The van der Waals surface area contributed by atoms with Crippen molar-refractivity contribution in [2.45, 2.75) is 29.7 Å². The minimum absolute atomic E-state index is 0.0187. The molecule has 2 aliphatic carbocycles. The van der Waals surface area contributed by atoms with E-state index in [9.17, 15) is 24.3 Å². The third-order valence-corrected chi connectivity index (χ3v) is 8.32. The maximum Gasteiger partial charge on any atom is 0.326 e. The number of H-pyrrole nitrogens is 1. The molecule has 25 heavy (non-hydrogen) atoms. The summed E-state index contributed by atoms with van der Waals surface area (Å²) in [5, 5.41) is 10.1. The van der Waals surface area contributed by atoms with Gasteiger partial charge in [-0.2, -0.15) is 0 Å². The van der Waals surface area contributed by atoms with E-state index in [2.05, 4.69) is 4.98 Å². The van der Waals surface area contributed by atoms with Gasteiger partial charge in [-0.1, -0.05) is 28.7 Å². The lowest BCUT2D eigenvalue weighted by atomic mass is 9.77. The molecule has 2 saturated carbocycles. The number of carboxylic acids is 1. The number of carbonyl (C=O) groups excluding carboxylic acids is 2. The van der Waals surface area contributed by atoms with E-state index in [0.29, 0.717) is 0 Å². The third-order valence-electron chi connectivity index (χ3n) is 5.93. The number of thioether (sulfide) groups is 1. The maximum absolute atomic E-state index is 12.8. The lowest BCUT2D eigenvalue weighted by Gasteiger charge is -2.32. The van der Waals surface area contributed by atoms with Crippen molar-refractivity contribution in [2.75, 3.05) is 0 Å². The van der Waals surface area contributed by atoms with E-state index in [0.717, 1.165) is 38.1 Å². The number of thiazole rings is 1. The summed E-state index contributed by atoms with van der Waals surface area (Å²) in [5.41, 5.74) is 1.13. The normalized spacial score (nSPS) is 36.1. The number of nitrogens with zero attached hydrogens (tertiary/aromatic N) is 1. The first-order valence-corrected chi connectivity index (χ1v) is 9.79. The van der Waals surface area contributed by atoms with Crippen LogP contribution in [0.1, 0.15) is 18.2 Å². The Morgan fingerprint density at radius 1 is 1.32 bits per heavy atom. The first-order valence-electron chi connectivity index (χ1n) is 8.09. The van der Waals surface area contributed by atoms with Crippen LogP contribution in [-0.2, 0) is 14.4 Å². The zero-order chi connectivity index (χ0) is 17.6. The number of nitrogens with one attached hydrogen (secondary N) is 1. The number of hydrogen-bond donors (Lipinski definition) is 2. The fourth-order valence-corrected chi connectivity index (χ4v) is 7.37. The van der Waals surface area contributed by atoms with Gasteiger partial charge in [0.2, 0.25) is 11.8 Å². The quantitative estimate of drug-likeness (QED) is 0.744. The molecular formula is C16H14N2O5S2. The number of aliphatic carboxylic acids is 1. The molecule has 3 heterocycles. The van der Waals surface area contributed by atoms with Crippen LogP contribution in [-0.4, -0.2) is 44.1 Å². The van der Waals surface area contributed by atoms with Crippen LogP contribution in [0.15, 0.2) is 15.4 Å². The second kappa shape index (κ2) is 4.85. The van der Waals surface area contributed by atoms with Crippen molar-refractivity contribution in [3.05, 3.63) is 20.1 Å². The summed E-state index contributed by atoms with van der Waals surface area (Å²) in [6, 6.07) is -1.13. The van der Waals surface area contributed by atoms with Crippen molar-refractivity contribution in [1.82, 2.24) is 9.88 Å². The highest BCUT2D eigenvalue weighted by Gasteiger charge is 2.67. The lowest BCUT2D eigenvalue weighted by Crippen LogP contribution is -2.44. The highest BCUT2D eigenvalue weighted by molar-refractivity contribution is 8.00. The molecule has 3 fully saturated rings. The second-order valence-electron chi connectivity index (χ2n) is 7.01. The summed E-state index contributed by atoms with van der Waals surface area (Å²) in [6.07, 6.45) is 2.78. The highest BCUT2D eigenvalue weighted by atomic mass is 32.2. The van der Waals surface area contributed by atoms with Crippen molar-refractivity contribution in [1.29, 1.82) is 0 Å². The van der Waals surface area contributed by atoms with E-state index in [1.165, 1.54) is 6.92 Å². The van der Waals surface area contributed by atoms with Gasteiger partial charge in [0.05, 0.1) is 21.7 Å². The zero-order valence-electron chi connectivity index (χ0n) is 13.1. The standard InChI is InChI=1S/C16H14N2O5S2/c1-4(15(21)22)18-13(19)9-5-2-7(10(9)14(18)20)11-6(5)3-8-12(25-11)17-16(23)24-8/h3-5,7,9-11H,2H2,1H3,(H,17,23)(H,21,22)/t4-,5+,7-,9-,10-,11+/m0/s1. The molecule has 0 unspecified atom stereocenters. The molecule has 1 saturated heterocycles. The van der Waals surface area contributed by atoms with Crippen LogP contribution in [0.4, 0.5) is 0 Å². The lowest BCUT2D eigenvalue weighted by molar-refractivity contribution is -0.154. The third kappa shape index (κ3) is 1.82. The van der Waals surface area contributed by atoms with Gasteiger partial charge in [-0.05, 0) is 31.3 Å². The predicted molar refractivity (Wildman–Crippen MR) is 90.1 cm³/mol. The molecule has 0 spiro atoms. The Labute approximate surface area is 150 Å². The number of amides is 2. The number of rotatable bonds is 2. The van der Waals surface area contributed by atoms with Gasteiger partial charge < -0.3 is 10.1 Å². The fourth-order valence-electron chi connectivity index (χ4n) is 4.93. The molecule has 2 aliphatic heterocycles. The van der Waals surface area contributed by atoms with Gasteiger partial charge in [0.1, 0.15) is 6.04 Å². The zero-order valence-corrected chi connectivity index (χ0v) is 14.7. The molecule has 5 rings (SSSR count). The largest absolute Gasteiger partial charge is 0.480 e. The van der Waals surface area contributed by atoms with Crippen LogP contribution in [0.5, 0.6) is 0 Å². The second-order valence-corrected chi connectivity index (χ2v) is 9.18. The number of aromatic amines is 1. The molecule has 2 bridgehead atoms. The van der Waals surface area contributed by atoms with Crippen molar-refractivity contribution in [2.24, 2.45) is 23.7 Å². The van der Waals surface area contributed by atoms with E-state index in [1.807, 2.05) is 6.08 Å². The molecule has 0 radical (unpaired) electrons. The Morgan fingerprint density at radius 3 is 2.76 bits per heavy atom. The van der Waals surface area contributed by atoms with E-state index in [1.54, 1.807) is 11.8 Å². The number of aromatic nitrogens is 1. The molecule has 1 aromatic rings. The summed E-state index contributed by atoms with van der Waals surface area (Å²) >= 11 is 2.72. The van der Waals surface area contributed by atoms with Gasteiger partial charge in [-0.25, -0.2) is 4.79 Å². The summed E-state index contributed by atoms with van der Waals surface area (Å²) < 4.78 is 0. The Morgan fingerprint density at radius 2 is 2.04 bits per heavy atom. The van der Waals surface area contributed by atoms with Crippen LogP contribution >= 0.6 is 23.1 Å². The summed E-state index contributed by atoms with van der Waals surface area (Å²) in [6.45, 7) is 1.38. The number of imide groups is 1. The molecule has 2 amide bonds. The average Bonchev–Trinajstić information content (AvgIpc) is 3.25. The van der Waals surface area contributed by atoms with Crippen LogP contribution in [0.25, 0.3) is 6.08 Å². The molecule has 1 aromatic heterocycles. The predicted octanol–water partition coefficient (Wildman–Crippen LogP) is 1.02. The number of hydrogen-bond acceptors (Lipinski definition) is 6. The maximum atomic E-state index is 12.8. The molecule has 6 atom stereocenters. The van der Waals surface area contributed by atoms with Gasteiger partial charge in [0, 0.05) is 5.25 Å². The van der Waals surface area contributed by atoms with E-state index >= 15 is 0 Å². The molecule has 4 aliphatic rings. The van der Waals surface area contributed by atoms with Crippen molar-refractivity contribution < 1.29 is 19.5 Å². The summed E-state index contributed by atoms with van der Waals surface area (Å²) in [5.74, 6) is -2.75. The van der Waals surface area contributed by atoms with E-state index in [4.69, 9.17) is 0 Å². The molecule has 130 valence electrons. The monoisotopic (exact) mass is 378 g/mol. The topological polar surface area (TPSA) is 108 Å². The minimum Gasteiger partial charge on any atom is -0.480 e. The Kier molecular flexibility index (Phi) is 2.99. The number of fused-ring (bicyclic) bond motifs is 9. The average molecular weight is 378 g/mol. The van der Waals surface area contributed by atoms with Crippen LogP contribution in [0.2, 0.25) is 0 Å². The van der Waals surface area contributed by atoms with E-state index in [-0.39, 0.29) is 33.8 Å². The van der Waals surface area contributed by atoms with Gasteiger partial charge in [0.15, 0.2) is 0 Å². The highest BCUT2D eigenvalue weighted by Crippen LogP contribution is 2.64. The molecular weight excluding hydrogens is 364 g/mol. The summed E-state index contributed by atoms with van der Waals surface area (Å²) in [7, 11) is 0. The summed E-state index contributed by atoms with van der Waals surface area (Å²) in [4.78, 5) is 53.1. The van der Waals surface area contributed by atoms with Crippen LogP contribution in [0, 0.1) is 23.7 Å². The minimum atomic E-state index is -1.17. The van der Waals surface area contributed by atoms with E-state index < -0.39 is 23.8 Å². The number of carbonyl (C=O) groups is 3. The van der Waals surface area contributed by atoms with Gasteiger partial charge in [-0.3, -0.25) is 19.3 Å². The van der Waals surface area contributed by atoms with Crippen molar-refractivity contribution in [3.63, 3.8) is 0 Å². The Bertz CT molecular complexity index is 931. The molecule has 7 nitrogen and oxygen atoms in total. The SMILES string of the molecule is C[C@@H](C(=O)O)N1C(=O)[C@@H]2[C@@H](C1=O)[C@@H]1C[C@@H]2C2=Cc3sc(=O)[nH]c3S[C@H]21. The fraction of sp³-hybridized carbons (Fsp3) is 0.500. The number of likely N-dealkylation sites (tertiary alicyclic amines) is 1. The van der Waals surface area contributed by atoms with Gasteiger partial charge in [0.25, 0.3) is 0 Å². The van der Waals surface area contributed by atoms with Gasteiger partial charge in [-0.15, -0.1) is 0 Å². The van der Waals surface area contributed by atoms with Crippen molar-refractivity contribution >= 4 is 47.0 Å². The number of carboxylic acid groups (broad SMARTS) is 1. The Balaban J connectivity index is 1.55. The smallest absolute Gasteiger partial charge is 0.326 e. The molecule has 9 heteroatoms. The first kappa shape index (κ1) is 15.4. The Hall–Kier alpha value is -1.87. The first-order chi connectivity index (χ1) is 11.9. The van der Waals surface area contributed by atoms with Crippen LogP contribution < -0.4 is 4.87 Å². The van der Waals surface area contributed by atoms with Crippen LogP contribution in [0.3, 0.4) is 0 Å².